The Morgan fingerprint density at radius 3 is 2.64 bits per heavy atom. The van der Waals surface area contributed by atoms with Crippen molar-refractivity contribution < 1.29 is 34.0 Å². The Labute approximate surface area is 258 Å². The van der Waals surface area contributed by atoms with Gasteiger partial charge >= 0.3 is 0 Å². The minimum absolute atomic E-state index is 0.0292. The normalized spacial score (nSPS) is 27.3. The van der Waals surface area contributed by atoms with E-state index in [2.05, 4.69) is 32.3 Å². The number of hydrogen-bond donors (Lipinski definition) is 3. The Hall–Kier alpha value is -2.67. The molecule has 1 saturated carbocycles. The zero-order chi connectivity index (χ0) is 30.3. The Bertz CT molecular complexity index is 1520. The maximum absolute atomic E-state index is 14.3. The van der Waals surface area contributed by atoms with Crippen LogP contribution in [0.3, 0.4) is 0 Å². The maximum atomic E-state index is 14.3. The molecule has 0 spiro atoms. The number of carbonyl (C=O) groups is 1. The lowest BCUT2D eigenvalue weighted by Crippen LogP contribution is -2.64. The number of ether oxygens (including phenoxy) is 2. The molecule has 1 aliphatic heterocycles. The van der Waals surface area contributed by atoms with Gasteiger partial charge in [0.15, 0.2) is 6.10 Å². The van der Waals surface area contributed by atoms with Crippen LogP contribution in [0.25, 0.3) is 11.3 Å². The standard InChI is InChI=1S/C27H25BrCl2FN5O6/c1-41-25-23(35-10-18(33-34-35)13-6-16(29)22(30)17(31)7-13)24(39)21(11-37)42-26(25)27(40)36(19-2-3-20(19)38)15-5-12(9-32)4-14(28)8-15/h4-8,10,19-21,23-26,37-39H,2-3,11H2,1H3/t19-,20-,21?,23?,24?,25?,26?/m1/s1. The summed E-state index contributed by atoms with van der Waals surface area (Å²) in [5.41, 5.74) is 1.10. The quantitative estimate of drug-likeness (QED) is 0.318. The number of nitrogens with zero attached hydrogens (tertiary/aromatic N) is 5. The Kier molecular flexibility index (Phi) is 9.17. The smallest absolute Gasteiger partial charge is 0.259 e. The van der Waals surface area contributed by atoms with Gasteiger partial charge in [-0.05, 0) is 43.2 Å². The molecule has 3 N–H and O–H groups in total. The number of methoxy groups -OCH3 is 1. The lowest BCUT2D eigenvalue weighted by Gasteiger charge is -2.47. The Balaban J connectivity index is 1.54. The Morgan fingerprint density at radius 2 is 2.05 bits per heavy atom. The summed E-state index contributed by atoms with van der Waals surface area (Å²) in [5.74, 6) is -1.37. The van der Waals surface area contributed by atoms with E-state index < -0.39 is 60.9 Å². The minimum atomic E-state index is -1.40. The van der Waals surface area contributed by atoms with Crippen molar-refractivity contribution in [3.8, 4) is 17.3 Å². The second-order valence-electron chi connectivity index (χ2n) is 10.0. The van der Waals surface area contributed by atoms with E-state index in [0.29, 0.717) is 23.0 Å². The first kappa shape index (κ1) is 30.8. The van der Waals surface area contributed by atoms with Gasteiger partial charge in [-0.2, -0.15) is 5.26 Å². The molecule has 15 heteroatoms. The van der Waals surface area contributed by atoms with E-state index in [0.717, 1.165) is 6.07 Å². The fourth-order valence-corrected chi connectivity index (χ4v) is 6.08. The molecule has 2 aromatic carbocycles. The second kappa shape index (κ2) is 12.5. The van der Waals surface area contributed by atoms with Crippen LogP contribution in [0.4, 0.5) is 10.1 Å². The van der Waals surface area contributed by atoms with Gasteiger partial charge in [0.2, 0.25) is 0 Å². The maximum Gasteiger partial charge on any atom is 0.259 e. The number of benzene rings is 2. The largest absolute Gasteiger partial charge is 0.394 e. The molecule has 42 heavy (non-hydrogen) atoms. The number of nitriles is 1. The number of aliphatic hydroxyl groups is 3. The van der Waals surface area contributed by atoms with Crippen molar-refractivity contribution in [2.75, 3.05) is 18.6 Å². The van der Waals surface area contributed by atoms with Crippen molar-refractivity contribution in [2.24, 2.45) is 0 Å². The molecule has 2 aliphatic rings. The van der Waals surface area contributed by atoms with Crippen molar-refractivity contribution in [1.29, 1.82) is 5.26 Å². The summed E-state index contributed by atoms with van der Waals surface area (Å²) in [6.07, 6.45) is -3.59. The molecule has 7 atom stereocenters. The van der Waals surface area contributed by atoms with Gasteiger partial charge in [-0.3, -0.25) is 4.79 Å². The summed E-state index contributed by atoms with van der Waals surface area (Å²) in [4.78, 5) is 15.6. The number of halogens is 4. The van der Waals surface area contributed by atoms with Gasteiger partial charge < -0.3 is 29.7 Å². The van der Waals surface area contributed by atoms with E-state index in [4.69, 9.17) is 32.7 Å². The molecule has 5 unspecified atom stereocenters. The third-order valence-corrected chi connectivity index (χ3v) is 8.78. The average Bonchev–Trinajstić information content (AvgIpc) is 3.46. The highest BCUT2D eigenvalue weighted by atomic mass is 79.9. The summed E-state index contributed by atoms with van der Waals surface area (Å²) in [6.45, 7) is -0.640. The van der Waals surface area contributed by atoms with Crippen LogP contribution in [0.1, 0.15) is 24.4 Å². The fourth-order valence-electron chi connectivity index (χ4n) is 5.28. The van der Waals surface area contributed by atoms with Gasteiger partial charge in [0.1, 0.15) is 35.9 Å². The van der Waals surface area contributed by atoms with Crippen molar-refractivity contribution >= 4 is 50.7 Å². The number of aliphatic hydroxyl groups excluding tert-OH is 3. The molecule has 1 amide bonds. The summed E-state index contributed by atoms with van der Waals surface area (Å²) in [5, 5.41) is 49.2. The van der Waals surface area contributed by atoms with E-state index in [1.807, 2.05) is 0 Å². The molecular weight excluding hydrogens is 660 g/mol. The first-order chi connectivity index (χ1) is 20.1. The van der Waals surface area contributed by atoms with E-state index in [1.54, 1.807) is 12.1 Å². The highest BCUT2D eigenvalue weighted by molar-refractivity contribution is 9.10. The topological polar surface area (TPSA) is 154 Å². The highest BCUT2D eigenvalue weighted by Crippen LogP contribution is 2.38. The van der Waals surface area contributed by atoms with Crippen LogP contribution in [0.2, 0.25) is 10.0 Å². The van der Waals surface area contributed by atoms with Crippen molar-refractivity contribution in [1.82, 2.24) is 15.0 Å². The number of aromatic nitrogens is 3. The summed E-state index contributed by atoms with van der Waals surface area (Å²) in [7, 11) is 1.33. The summed E-state index contributed by atoms with van der Waals surface area (Å²) >= 11 is 15.2. The van der Waals surface area contributed by atoms with E-state index >= 15 is 0 Å². The van der Waals surface area contributed by atoms with Gasteiger partial charge in [-0.1, -0.05) is 44.3 Å². The van der Waals surface area contributed by atoms with Crippen LogP contribution in [0.5, 0.6) is 0 Å². The van der Waals surface area contributed by atoms with Gasteiger partial charge in [0.05, 0.1) is 46.6 Å². The second-order valence-corrected chi connectivity index (χ2v) is 11.7. The number of anilines is 1. The first-order valence-corrected chi connectivity index (χ1v) is 14.4. The number of carbonyl (C=O) groups excluding carboxylic acids is 1. The van der Waals surface area contributed by atoms with Crippen LogP contribution >= 0.6 is 39.1 Å². The van der Waals surface area contributed by atoms with Crippen LogP contribution in [-0.4, -0.2) is 86.5 Å². The molecule has 5 rings (SSSR count). The SMILES string of the molecule is COC1C(C(=O)N(c2cc(Br)cc(C#N)c2)[C@@H]2CC[C@H]2O)OC(CO)C(O)C1n1cc(-c2cc(F)c(Cl)c(Cl)c2)nn1. The average molecular weight is 685 g/mol. The molecule has 0 radical (unpaired) electrons. The molecule has 0 bridgehead atoms. The fraction of sp³-hybridized carbons (Fsp3) is 0.407. The monoisotopic (exact) mass is 683 g/mol. The number of amides is 1. The van der Waals surface area contributed by atoms with Crippen LogP contribution in [0, 0.1) is 17.1 Å². The zero-order valence-corrected chi connectivity index (χ0v) is 25.0. The molecule has 11 nitrogen and oxygen atoms in total. The lowest BCUT2D eigenvalue weighted by molar-refractivity contribution is -0.211. The van der Waals surface area contributed by atoms with Crippen molar-refractivity contribution in [3.05, 3.63) is 62.4 Å². The van der Waals surface area contributed by atoms with Crippen LogP contribution in [-0.2, 0) is 14.3 Å². The molecule has 1 aliphatic carbocycles. The molecular formula is C27H25BrCl2FN5O6. The van der Waals surface area contributed by atoms with Crippen LogP contribution < -0.4 is 4.90 Å². The Morgan fingerprint density at radius 1 is 1.29 bits per heavy atom. The van der Waals surface area contributed by atoms with E-state index in [1.165, 1.54) is 35.0 Å². The third-order valence-electron chi connectivity index (χ3n) is 7.54. The number of hydrogen-bond acceptors (Lipinski definition) is 9. The minimum Gasteiger partial charge on any atom is -0.394 e. The zero-order valence-electron chi connectivity index (χ0n) is 21.9. The summed E-state index contributed by atoms with van der Waals surface area (Å²) in [6, 6.07) is 7.66. The summed E-state index contributed by atoms with van der Waals surface area (Å²) < 4.78 is 27.7. The molecule has 222 valence electrons. The van der Waals surface area contributed by atoms with Crippen LogP contribution in [0.15, 0.2) is 41.0 Å². The van der Waals surface area contributed by atoms with Gasteiger partial charge in [0.25, 0.3) is 5.91 Å². The van der Waals surface area contributed by atoms with Gasteiger partial charge in [-0.25, -0.2) is 9.07 Å². The predicted octanol–water partition coefficient (Wildman–Crippen LogP) is 3.26. The first-order valence-electron chi connectivity index (χ1n) is 12.8. The van der Waals surface area contributed by atoms with Crippen molar-refractivity contribution in [2.45, 2.75) is 55.4 Å². The molecule has 3 aromatic rings. The molecule has 1 aromatic heterocycles. The van der Waals surface area contributed by atoms with Gasteiger partial charge in [-0.15, -0.1) is 5.10 Å². The predicted molar refractivity (Wildman–Crippen MR) is 152 cm³/mol. The van der Waals surface area contributed by atoms with E-state index in [-0.39, 0.29) is 26.9 Å². The third kappa shape index (κ3) is 5.66. The van der Waals surface area contributed by atoms with Crippen molar-refractivity contribution in [3.63, 3.8) is 0 Å². The number of rotatable bonds is 7. The lowest BCUT2D eigenvalue weighted by atomic mass is 9.85. The molecule has 2 fully saturated rings. The van der Waals surface area contributed by atoms with E-state index in [9.17, 15) is 29.8 Å². The highest BCUT2D eigenvalue weighted by Gasteiger charge is 2.52. The molecule has 1 saturated heterocycles. The van der Waals surface area contributed by atoms with Gasteiger partial charge in [0, 0.05) is 22.8 Å². The molecule has 2 heterocycles.